The lowest BCUT2D eigenvalue weighted by atomic mass is 9.95. The molecule has 14 heteroatoms. The van der Waals surface area contributed by atoms with Crippen LogP contribution in [0.2, 0.25) is 5.02 Å². The smallest absolute Gasteiger partial charge is 0.319 e. The van der Waals surface area contributed by atoms with Crippen molar-refractivity contribution in [3.05, 3.63) is 34.4 Å². The number of aromatic nitrogens is 2. The predicted octanol–water partition coefficient (Wildman–Crippen LogP) is 5.43. The molecule has 2 aromatic heterocycles. The molecule has 2 fully saturated rings. The average molecular weight is 645 g/mol. The summed E-state index contributed by atoms with van der Waals surface area (Å²) in [6, 6.07) is 4.41. The van der Waals surface area contributed by atoms with E-state index in [2.05, 4.69) is 14.9 Å². The van der Waals surface area contributed by atoms with Crippen molar-refractivity contribution < 1.29 is 27.8 Å². The Kier molecular flexibility index (Phi) is 7.16. The van der Waals surface area contributed by atoms with Crippen molar-refractivity contribution >= 4 is 54.7 Å². The van der Waals surface area contributed by atoms with Crippen LogP contribution in [0.5, 0.6) is 11.8 Å². The number of anilines is 2. The summed E-state index contributed by atoms with van der Waals surface area (Å²) in [5, 5.41) is 20.0. The van der Waals surface area contributed by atoms with Crippen LogP contribution in [0.15, 0.2) is 12.1 Å². The maximum absolute atomic E-state index is 16.9. The maximum Gasteiger partial charge on any atom is 0.319 e. The first-order valence-electron chi connectivity index (χ1n) is 14.3. The number of alkyl halides is 1. The monoisotopic (exact) mass is 644 g/mol. The zero-order chi connectivity index (χ0) is 30.9. The Hall–Kier alpha value is -3.57. The molecule has 2 saturated heterocycles. The average Bonchev–Trinajstić information content (AvgIpc) is 3.60. The van der Waals surface area contributed by atoms with Gasteiger partial charge in [-0.15, -0.1) is 11.3 Å². The highest BCUT2D eigenvalue weighted by molar-refractivity contribution is 7.23. The van der Waals surface area contributed by atoms with Crippen LogP contribution in [0.1, 0.15) is 31.7 Å². The van der Waals surface area contributed by atoms with Gasteiger partial charge < -0.3 is 25.2 Å². The first-order valence-corrected chi connectivity index (χ1v) is 15.5. The van der Waals surface area contributed by atoms with E-state index in [0.717, 1.165) is 30.7 Å². The minimum Gasteiger partial charge on any atom is -0.486 e. The molecule has 0 bridgehead atoms. The van der Waals surface area contributed by atoms with Crippen molar-refractivity contribution in [2.45, 2.75) is 44.0 Å². The fourth-order valence-electron chi connectivity index (χ4n) is 6.98. The van der Waals surface area contributed by atoms with E-state index >= 15 is 4.39 Å². The van der Waals surface area contributed by atoms with E-state index in [1.54, 1.807) is 11.8 Å². The highest BCUT2D eigenvalue weighted by Gasteiger charge is 2.49. The largest absolute Gasteiger partial charge is 0.486 e. The molecule has 0 spiro atoms. The summed E-state index contributed by atoms with van der Waals surface area (Å²) in [5.74, 6) is -1.08. The van der Waals surface area contributed by atoms with Gasteiger partial charge in [0.15, 0.2) is 11.6 Å². The van der Waals surface area contributed by atoms with E-state index in [-0.39, 0.29) is 91.6 Å². The molecular weight excluding hydrogens is 617 g/mol. The van der Waals surface area contributed by atoms with Gasteiger partial charge in [-0.25, -0.2) is 13.2 Å². The summed E-state index contributed by atoms with van der Waals surface area (Å²) in [4.78, 5) is 13.0. The minimum atomic E-state index is -0.957. The molecule has 7 rings (SSSR count). The van der Waals surface area contributed by atoms with E-state index in [9.17, 15) is 19.1 Å². The number of aliphatic hydroxyl groups is 1. The second-order valence-electron chi connectivity index (χ2n) is 11.6. The molecule has 5 heterocycles. The van der Waals surface area contributed by atoms with Gasteiger partial charge in [-0.05, 0) is 37.9 Å². The number of benzene rings is 2. The van der Waals surface area contributed by atoms with Gasteiger partial charge in [0.25, 0.3) is 0 Å². The summed E-state index contributed by atoms with van der Waals surface area (Å²) in [7, 11) is 0. The highest BCUT2D eigenvalue weighted by atomic mass is 35.5. The molecule has 0 amide bonds. The zero-order valence-electron chi connectivity index (χ0n) is 23.7. The highest BCUT2D eigenvalue weighted by Crippen LogP contribution is 2.51. The number of hydrogen-bond donors (Lipinski definition) is 2. The number of thiophene rings is 1. The predicted molar refractivity (Wildman–Crippen MR) is 162 cm³/mol. The molecule has 0 radical (unpaired) electrons. The number of rotatable bonds is 6. The van der Waals surface area contributed by atoms with E-state index in [4.69, 9.17) is 26.8 Å². The van der Waals surface area contributed by atoms with Crippen molar-refractivity contribution in [3.8, 4) is 29.0 Å². The first-order chi connectivity index (χ1) is 21.2. The van der Waals surface area contributed by atoms with E-state index in [1.807, 2.05) is 6.07 Å². The lowest BCUT2D eigenvalue weighted by molar-refractivity contribution is 0.107. The Labute approximate surface area is 259 Å². The number of aliphatic hydroxyl groups excluding tert-OH is 1. The molecule has 3 atom stereocenters. The minimum absolute atomic E-state index is 0.0137. The third-order valence-corrected chi connectivity index (χ3v) is 10.2. The topological polar surface area (TPSA) is 121 Å². The van der Waals surface area contributed by atoms with Crippen molar-refractivity contribution in [2.24, 2.45) is 0 Å². The summed E-state index contributed by atoms with van der Waals surface area (Å²) in [6.07, 6.45) is 0.591. The van der Waals surface area contributed by atoms with Crippen LogP contribution in [0.3, 0.4) is 0 Å². The molecule has 3 N–H and O–H groups in total. The van der Waals surface area contributed by atoms with Crippen molar-refractivity contribution in [1.82, 2.24) is 14.9 Å². The molecule has 44 heavy (non-hydrogen) atoms. The summed E-state index contributed by atoms with van der Waals surface area (Å²) < 4.78 is 58.7. The number of nitrogen functional groups attached to an aromatic ring is 1. The summed E-state index contributed by atoms with van der Waals surface area (Å²) in [6.45, 7) is 3.29. The maximum atomic E-state index is 16.9. The van der Waals surface area contributed by atoms with Crippen molar-refractivity contribution in [3.63, 3.8) is 0 Å². The quantitative estimate of drug-likeness (QED) is 0.283. The number of nitrogens with zero attached hydrogens (tertiary/aromatic N) is 5. The van der Waals surface area contributed by atoms with Crippen LogP contribution >= 0.6 is 22.9 Å². The molecule has 0 aliphatic carbocycles. The van der Waals surface area contributed by atoms with Gasteiger partial charge in [-0.1, -0.05) is 17.7 Å². The van der Waals surface area contributed by atoms with Crippen LogP contribution < -0.4 is 20.1 Å². The molecule has 4 aromatic rings. The number of hydrogen-bond acceptors (Lipinski definition) is 10. The van der Waals surface area contributed by atoms with Gasteiger partial charge in [0, 0.05) is 30.5 Å². The first kappa shape index (κ1) is 29.2. The van der Waals surface area contributed by atoms with Crippen LogP contribution in [-0.2, 0) is 0 Å². The van der Waals surface area contributed by atoms with E-state index in [1.165, 1.54) is 12.1 Å². The van der Waals surface area contributed by atoms with E-state index in [0.29, 0.717) is 13.0 Å². The Morgan fingerprint density at radius 1 is 1.30 bits per heavy atom. The second kappa shape index (κ2) is 10.8. The Morgan fingerprint density at radius 2 is 2.11 bits per heavy atom. The number of fused-ring (bicyclic) bond motifs is 2. The Balaban J connectivity index is 1.46. The normalized spacial score (nSPS) is 23.2. The van der Waals surface area contributed by atoms with Gasteiger partial charge in [-0.2, -0.15) is 15.2 Å². The number of halogens is 4. The van der Waals surface area contributed by atoms with Crippen molar-refractivity contribution in [2.75, 3.05) is 50.0 Å². The number of β-amino-alcohol motifs (C(OH)–C–C–N with tert-alkyl or cyclic N) is 1. The summed E-state index contributed by atoms with van der Waals surface area (Å²) >= 11 is 7.83. The zero-order valence-corrected chi connectivity index (χ0v) is 25.2. The van der Waals surface area contributed by atoms with Gasteiger partial charge in [0.2, 0.25) is 0 Å². The molecule has 3 aliphatic rings. The number of nitrogens with two attached hydrogens (primary N) is 1. The van der Waals surface area contributed by atoms with Gasteiger partial charge >= 0.3 is 6.01 Å². The standard InChI is InChI=1S/C30H28ClF3N6O3S/c1-14-11-39(7-8-41)28-21-24(37-29(38-28)42-13-30-5-2-6-40(30)12-15(32)9-30)23(34)20(22(31)25(21)43-14)16-3-4-18(33)26-19(16)17(10-35)27(36)44-26/h3-4,14-15,41H,2,5-9,11-13,36H2,1H3/t14-,15-,30+/m1/s1. The molecule has 3 aliphatic heterocycles. The molecular formula is C30H28ClF3N6O3S. The molecule has 0 unspecified atom stereocenters. The molecule has 0 saturated carbocycles. The Morgan fingerprint density at radius 3 is 2.89 bits per heavy atom. The molecule has 230 valence electrons. The van der Waals surface area contributed by atoms with Crippen LogP contribution in [-0.4, -0.2) is 77.2 Å². The van der Waals surface area contributed by atoms with Gasteiger partial charge in [0.1, 0.15) is 47.1 Å². The number of nitriles is 1. The third-order valence-electron chi connectivity index (χ3n) is 8.84. The van der Waals surface area contributed by atoms with Gasteiger partial charge in [0.05, 0.1) is 39.4 Å². The fraction of sp³-hybridized carbons (Fsp3) is 0.433. The summed E-state index contributed by atoms with van der Waals surface area (Å²) in [5.41, 5.74) is 5.43. The van der Waals surface area contributed by atoms with Crippen LogP contribution in [0.25, 0.3) is 32.1 Å². The lowest BCUT2D eigenvalue weighted by Gasteiger charge is -2.31. The van der Waals surface area contributed by atoms with E-state index < -0.39 is 29.4 Å². The molecule has 9 nitrogen and oxygen atoms in total. The Bertz CT molecular complexity index is 1870. The lowest BCUT2D eigenvalue weighted by Crippen LogP contribution is -2.43. The fourth-order valence-corrected chi connectivity index (χ4v) is 8.26. The second-order valence-corrected chi connectivity index (χ2v) is 13.0. The molecule has 2 aromatic carbocycles. The van der Waals surface area contributed by atoms with Crippen LogP contribution in [0, 0.1) is 23.0 Å². The van der Waals surface area contributed by atoms with Crippen molar-refractivity contribution in [1.29, 1.82) is 5.26 Å². The number of ether oxygens (including phenoxy) is 2. The third kappa shape index (κ3) is 4.42. The SMILES string of the molecule is C[C@@H]1CN(CCO)c2nc(OC[C@@]34CCCN3C[C@H](F)C4)nc3c(F)c(-c4ccc(F)c5sc(N)c(C#N)c45)c(Cl)c(c23)O1. The van der Waals surface area contributed by atoms with Crippen LogP contribution in [0.4, 0.5) is 24.0 Å². The van der Waals surface area contributed by atoms with Gasteiger partial charge in [-0.3, -0.25) is 4.90 Å².